The van der Waals surface area contributed by atoms with E-state index in [2.05, 4.69) is 0 Å². The van der Waals surface area contributed by atoms with Crippen LogP contribution < -0.4 is 5.73 Å². The fraction of sp³-hybridized carbons (Fsp3) is 0.933. The largest absolute Gasteiger partial charge is 0.376 e. The summed E-state index contributed by atoms with van der Waals surface area (Å²) in [5, 5.41) is 0. The van der Waals surface area contributed by atoms with Crippen molar-refractivity contribution >= 4 is 5.91 Å². The van der Waals surface area contributed by atoms with Crippen LogP contribution in [-0.2, 0) is 9.53 Å². The minimum Gasteiger partial charge on any atom is -0.376 e. The number of likely N-dealkylation sites (N-methyl/N-ethyl adjacent to an activating group) is 1. The Morgan fingerprint density at radius 2 is 1.95 bits per heavy atom. The van der Waals surface area contributed by atoms with Crippen LogP contribution >= 0.6 is 0 Å². The van der Waals surface area contributed by atoms with E-state index in [0.29, 0.717) is 18.4 Å². The first-order valence-electron chi connectivity index (χ1n) is 7.76. The summed E-state index contributed by atoms with van der Waals surface area (Å²) in [5.74, 6) is 0.816. The Morgan fingerprint density at radius 3 is 2.58 bits per heavy atom. The van der Waals surface area contributed by atoms with E-state index in [1.165, 1.54) is 6.42 Å². The summed E-state index contributed by atoms with van der Waals surface area (Å²) in [4.78, 5) is 14.1. The third-order valence-corrected chi connectivity index (χ3v) is 4.53. The van der Waals surface area contributed by atoms with Crippen LogP contribution in [0.4, 0.5) is 0 Å². The Bertz CT molecular complexity index is 282. The lowest BCUT2D eigenvalue weighted by Crippen LogP contribution is -2.38. The maximum atomic E-state index is 12.2. The first kappa shape index (κ1) is 14.8. The molecular weight excluding hydrogens is 240 g/mol. The molecule has 2 fully saturated rings. The van der Waals surface area contributed by atoms with Gasteiger partial charge < -0.3 is 15.4 Å². The molecule has 1 saturated carbocycles. The molecule has 0 radical (unpaired) electrons. The molecule has 4 heteroatoms. The monoisotopic (exact) mass is 268 g/mol. The highest BCUT2D eigenvalue weighted by Gasteiger charge is 2.24. The number of carbonyl (C=O) groups is 1. The summed E-state index contributed by atoms with van der Waals surface area (Å²) in [5.41, 5.74) is 5.90. The predicted octanol–water partition coefficient (Wildman–Crippen LogP) is 1.92. The van der Waals surface area contributed by atoms with Crippen molar-refractivity contribution < 1.29 is 9.53 Å². The molecule has 1 aliphatic carbocycles. The van der Waals surface area contributed by atoms with Gasteiger partial charge in [0.25, 0.3) is 0 Å². The molecule has 110 valence electrons. The SMILES string of the molecule is CN(CC1CCCCO1)C(=O)CC1CCC(N)CC1. The molecule has 4 nitrogen and oxygen atoms in total. The van der Waals surface area contributed by atoms with Crippen LogP contribution in [0.2, 0.25) is 0 Å². The van der Waals surface area contributed by atoms with Gasteiger partial charge in [0.2, 0.25) is 5.91 Å². The Hall–Kier alpha value is -0.610. The van der Waals surface area contributed by atoms with Gasteiger partial charge in [-0.05, 0) is 50.9 Å². The van der Waals surface area contributed by atoms with Gasteiger partial charge in [0, 0.05) is 32.7 Å². The van der Waals surface area contributed by atoms with E-state index in [4.69, 9.17) is 10.5 Å². The number of nitrogens with two attached hydrogens (primary N) is 1. The quantitative estimate of drug-likeness (QED) is 0.847. The van der Waals surface area contributed by atoms with Crippen LogP contribution in [0, 0.1) is 5.92 Å². The number of carbonyl (C=O) groups excluding carboxylic acids is 1. The minimum atomic E-state index is 0.252. The number of rotatable bonds is 4. The van der Waals surface area contributed by atoms with E-state index in [9.17, 15) is 4.79 Å². The molecule has 2 aliphatic rings. The standard InChI is InChI=1S/C15H28N2O2/c1-17(11-14-4-2-3-9-19-14)15(18)10-12-5-7-13(16)8-6-12/h12-14H,2-11,16H2,1H3. The van der Waals surface area contributed by atoms with Crippen LogP contribution in [0.3, 0.4) is 0 Å². The van der Waals surface area contributed by atoms with Crippen molar-refractivity contribution in [1.82, 2.24) is 4.90 Å². The molecule has 0 aromatic rings. The van der Waals surface area contributed by atoms with Gasteiger partial charge in [0.1, 0.15) is 0 Å². The normalized spacial score (nSPS) is 32.0. The zero-order valence-corrected chi connectivity index (χ0v) is 12.1. The summed E-state index contributed by atoms with van der Waals surface area (Å²) >= 11 is 0. The van der Waals surface area contributed by atoms with Gasteiger partial charge in [-0.15, -0.1) is 0 Å². The van der Waals surface area contributed by atoms with Gasteiger partial charge in [-0.1, -0.05) is 0 Å². The topological polar surface area (TPSA) is 55.6 Å². The van der Waals surface area contributed by atoms with Crippen molar-refractivity contribution in [3.63, 3.8) is 0 Å². The molecular formula is C15H28N2O2. The molecule has 2 rings (SSSR count). The van der Waals surface area contributed by atoms with Crippen molar-refractivity contribution in [1.29, 1.82) is 0 Å². The summed E-state index contributed by atoms with van der Waals surface area (Å²) in [6.07, 6.45) is 8.81. The minimum absolute atomic E-state index is 0.252. The van der Waals surface area contributed by atoms with Crippen LogP contribution in [0.1, 0.15) is 51.4 Å². The van der Waals surface area contributed by atoms with Crippen molar-refractivity contribution in [2.75, 3.05) is 20.2 Å². The molecule has 1 amide bonds. The zero-order chi connectivity index (χ0) is 13.7. The van der Waals surface area contributed by atoms with Crippen LogP contribution in [-0.4, -0.2) is 43.2 Å². The number of hydrogen-bond donors (Lipinski definition) is 1. The van der Waals surface area contributed by atoms with Gasteiger partial charge in [0.15, 0.2) is 0 Å². The maximum absolute atomic E-state index is 12.2. The molecule has 19 heavy (non-hydrogen) atoms. The first-order valence-corrected chi connectivity index (χ1v) is 7.76. The Kier molecular flexibility index (Phi) is 5.64. The van der Waals surface area contributed by atoms with E-state index in [-0.39, 0.29) is 12.0 Å². The Morgan fingerprint density at radius 1 is 1.21 bits per heavy atom. The molecule has 1 atom stereocenters. The van der Waals surface area contributed by atoms with E-state index in [0.717, 1.165) is 51.7 Å². The lowest BCUT2D eigenvalue weighted by molar-refractivity contribution is -0.133. The second kappa shape index (κ2) is 7.25. The van der Waals surface area contributed by atoms with Crippen molar-refractivity contribution in [2.24, 2.45) is 11.7 Å². The van der Waals surface area contributed by atoms with Crippen LogP contribution in [0.5, 0.6) is 0 Å². The van der Waals surface area contributed by atoms with Crippen molar-refractivity contribution in [3.05, 3.63) is 0 Å². The molecule has 0 spiro atoms. The third-order valence-electron chi connectivity index (χ3n) is 4.53. The van der Waals surface area contributed by atoms with E-state index >= 15 is 0 Å². The van der Waals surface area contributed by atoms with E-state index in [1.54, 1.807) is 0 Å². The molecule has 1 aliphatic heterocycles. The van der Waals surface area contributed by atoms with Crippen LogP contribution in [0.25, 0.3) is 0 Å². The predicted molar refractivity (Wildman–Crippen MR) is 75.8 cm³/mol. The smallest absolute Gasteiger partial charge is 0.222 e. The summed E-state index contributed by atoms with van der Waals surface area (Å²) in [6, 6.07) is 0.361. The van der Waals surface area contributed by atoms with Gasteiger partial charge in [-0.2, -0.15) is 0 Å². The summed E-state index contributed by atoms with van der Waals surface area (Å²) < 4.78 is 5.69. The van der Waals surface area contributed by atoms with E-state index < -0.39 is 0 Å². The Balaban J connectivity index is 1.69. The maximum Gasteiger partial charge on any atom is 0.222 e. The molecule has 1 saturated heterocycles. The molecule has 1 unspecified atom stereocenters. The molecule has 1 heterocycles. The van der Waals surface area contributed by atoms with Gasteiger partial charge in [-0.25, -0.2) is 0 Å². The first-order chi connectivity index (χ1) is 9.15. The van der Waals surface area contributed by atoms with Crippen molar-refractivity contribution in [3.8, 4) is 0 Å². The van der Waals surface area contributed by atoms with Gasteiger partial charge >= 0.3 is 0 Å². The molecule has 2 N–H and O–H groups in total. The molecule has 0 bridgehead atoms. The molecule has 0 aromatic carbocycles. The fourth-order valence-electron chi connectivity index (χ4n) is 3.15. The average molecular weight is 268 g/mol. The number of nitrogens with zero attached hydrogens (tertiary/aromatic N) is 1. The zero-order valence-electron chi connectivity index (χ0n) is 12.1. The Labute approximate surface area is 116 Å². The lowest BCUT2D eigenvalue weighted by atomic mass is 9.84. The highest BCUT2D eigenvalue weighted by atomic mass is 16.5. The van der Waals surface area contributed by atoms with Crippen LogP contribution in [0.15, 0.2) is 0 Å². The highest BCUT2D eigenvalue weighted by molar-refractivity contribution is 5.76. The number of hydrogen-bond acceptors (Lipinski definition) is 3. The second-order valence-electron chi connectivity index (χ2n) is 6.25. The summed E-state index contributed by atoms with van der Waals surface area (Å²) in [7, 11) is 1.91. The van der Waals surface area contributed by atoms with E-state index in [1.807, 2.05) is 11.9 Å². The fourth-order valence-corrected chi connectivity index (χ4v) is 3.15. The summed E-state index contributed by atoms with van der Waals surface area (Å²) in [6.45, 7) is 1.61. The number of ether oxygens (including phenoxy) is 1. The number of amides is 1. The lowest BCUT2D eigenvalue weighted by Gasteiger charge is -2.30. The third kappa shape index (κ3) is 4.77. The van der Waals surface area contributed by atoms with Crippen molar-refractivity contribution in [2.45, 2.75) is 63.5 Å². The second-order valence-corrected chi connectivity index (χ2v) is 6.25. The van der Waals surface area contributed by atoms with Gasteiger partial charge in [-0.3, -0.25) is 4.79 Å². The molecule has 0 aromatic heterocycles. The average Bonchev–Trinajstić information content (AvgIpc) is 2.42. The highest BCUT2D eigenvalue weighted by Crippen LogP contribution is 2.26. The van der Waals surface area contributed by atoms with Gasteiger partial charge in [0.05, 0.1) is 6.10 Å².